The molecule has 33 heavy (non-hydrogen) atoms. The molecule has 0 amide bonds. The number of guanidine groups is 1. The number of likely N-dealkylation sites (N-methyl/N-ethyl adjacent to an activating group) is 1. The molecule has 0 saturated carbocycles. The molecule has 1 unspecified atom stereocenters. The molecule has 1 atom stereocenters. The highest BCUT2D eigenvalue weighted by molar-refractivity contribution is 14.0. The van der Waals surface area contributed by atoms with Crippen molar-refractivity contribution in [3.05, 3.63) is 65.7 Å². The zero-order chi connectivity index (χ0) is 22.8. The molecule has 0 aliphatic carbocycles. The van der Waals surface area contributed by atoms with E-state index in [4.69, 9.17) is 9.73 Å². The maximum Gasteiger partial charge on any atom is 0.191 e. The van der Waals surface area contributed by atoms with Gasteiger partial charge in [0.05, 0.1) is 19.7 Å². The van der Waals surface area contributed by atoms with Crippen LogP contribution in [-0.4, -0.2) is 69.2 Å². The minimum absolute atomic E-state index is 0. The van der Waals surface area contributed by atoms with E-state index in [1.54, 1.807) is 7.11 Å². The predicted octanol–water partition coefficient (Wildman–Crippen LogP) is 4.14. The minimum atomic E-state index is 0. The molecule has 0 spiro atoms. The first kappa shape index (κ1) is 27.4. The Labute approximate surface area is 216 Å². The number of methoxy groups -OCH3 is 1. The van der Waals surface area contributed by atoms with E-state index in [1.165, 1.54) is 11.1 Å². The van der Waals surface area contributed by atoms with Crippen LogP contribution >= 0.6 is 24.0 Å². The van der Waals surface area contributed by atoms with Crippen molar-refractivity contribution in [2.45, 2.75) is 38.4 Å². The van der Waals surface area contributed by atoms with Crippen molar-refractivity contribution >= 4 is 29.9 Å². The Balaban J connectivity index is 0.00000385. The average molecular weight is 566 g/mol. The molecule has 182 valence electrons. The van der Waals surface area contributed by atoms with Gasteiger partial charge in [0.25, 0.3) is 0 Å². The van der Waals surface area contributed by atoms with Gasteiger partial charge >= 0.3 is 0 Å². The number of likely N-dealkylation sites (tertiary alicyclic amines) is 1. The van der Waals surface area contributed by atoms with Crippen LogP contribution in [0.1, 0.15) is 36.9 Å². The standard InChI is InChI=1S/C26H39N5O.HI/c1-5-27-26(28-19-25(30(2)3)22-12-9-13-24(18-22)32-4)29-23-14-16-31(17-15-23)20-21-10-7-6-8-11-21;/h6-13,18,23,25H,5,14-17,19-20H2,1-4H3,(H2,27,28,29);1H. The van der Waals surface area contributed by atoms with Gasteiger partial charge in [-0.25, -0.2) is 0 Å². The lowest BCUT2D eigenvalue weighted by molar-refractivity contribution is 0.198. The van der Waals surface area contributed by atoms with Gasteiger partial charge in [0.1, 0.15) is 5.75 Å². The summed E-state index contributed by atoms with van der Waals surface area (Å²) in [5.74, 6) is 1.79. The van der Waals surface area contributed by atoms with Crippen LogP contribution in [0, 0.1) is 0 Å². The number of aliphatic imine (C=N–C) groups is 1. The van der Waals surface area contributed by atoms with E-state index in [0.29, 0.717) is 12.6 Å². The third kappa shape index (κ3) is 8.79. The van der Waals surface area contributed by atoms with E-state index in [2.05, 4.69) is 83.9 Å². The van der Waals surface area contributed by atoms with E-state index in [1.807, 2.05) is 12.1 Å². The van der Waals surface area contributed by atoms with Gasteiger partial charge in [0.2, 0.25) is 0 Å². The highest BCUT2D eigenvalue weighted by atomic mass is 127. The normalized spacial score (nSPS) is 16.2. The van der Waals surface area contributed by atoms with Crippen molar-refractivity contribution in [2.24, 2.45) is 4.99 Å². The first-order valence-electron chi connectivity index (χ1n) is 11.7. The summed E-state index contributed by atoms with van der Waals surface area (Å²) in [6, 6.07) is 19.7. The third-order valence-electron chi connectivity index (χ3n) is 6.05. The third-order valence-corrected chi connectivity index (χ3v) is 6.05. The number of nitrogens with one attached hydrogen (secondary N) is 2. The summed E-state index contributed by atoms with van der Waals surface area (Å²) in [5.41, 5.74) is 2.60. The van der Waals surface area contributed by atoms with E-state index in [9.17, 15) is 0 Å². The number of halogens is 1. The second-order valence-electron chi connectivity index (χ2n) is 8.66. The van der Waals surface area contributed by atoms with Crippen LogP contribution in [-0.2, 0) is 6.54 Å². The van der Waals surface area contributed by atoms with Crippen LogP contribution in [0.2, 0.25) is 0 Å². The van der Waals surface area contributed by atoms with Gasteiger partial charge in [-0.3, -0.25) is 9.89 Å². The zero-order valence-electron chi connectivity index (χ0n) is 20.5. The number of benzene rings is 2. The molecule has 1 saturated heterocycles. The molecule has 2 aromatic rings. The molecule has 1 aliphatic rings. The molecular formula is C26H40IN5O. The number of nitrogens with zero attached hydrogens (tertiary/aromatic N) is 3. The molecule has 1 fully saturated rings. The summed E-state index contributed by atoms with van der Waals surface area (Å²) < 4.78 is 5.41. The van der Waals surface area contributed by atoms with E-state index in [0.717, 1.165) is 50.7 Å². The zero-order valence-corrected chi connectivity index (χ0v) is 22.8. The molecule has 6 nitrogen and oxygen atoms in total. The predicted molar refractivity (Wildman–Crippen MR) is 149 cm³/mol. The number of hydrogen-bond acceptors (Lipinski definition) is 4. The Morgan fingerprint density at radius 2 is 1.85 bits per heavy atom. The van der Waals surface area contributed by atoms with Crippen molar-refractivity contribution < 1.29 is 4.74 Å². The van der Waals surface area contributed by atoms with Gasteiger partial charge in [0, 0.05) is 32.2 Å². The monoisotopic (exact) mass is 565 g/mol. The molecule has 0 aromatic heterocycles. The summed E-state index contributed by atoms with van der Waals surface area (Å²) in [5, 5.41) is 7.11. The lowest BCUT2D eigenvalue weighted by atomic mass is 10.0. The first-order valence-corrected chi connectivity index (χ1v) is 11.7. The van der Waals surface area contributed by atoms with Gasteiger partial charge in [0.15, 0.2) is 5.96 Å². The summed E-state index contributed by atoms with van der Waals surface area (Å²) >= 11 is 0. The van der Waals surface area contributed by atoms with Crippen LogP contribution < -0.4 is 15.4 Å². The fraction of sp³-hybridized carbons (Fsp3) is 0.500. The number of rotatable bonds is 9. The fourth-order valence-electron chi connectivity index (χ4n) is 4.18. The summed E-state index contributed by atoms with van der Waals surface area (Å²) in [6.07, 6.45) is 2.26. The molecule has 2 aromatic carbocycles. The van der Waals surface area contributed by atoms with Gasteiger partial charge in [-0.2, -0.15) is 0 Å². The highest BCUT2D eigenvalue weighted by Crippen LogP contribution is 2.23. The smallest absolute Gasteiger partial charge is 0.191 e. The second-order valence-corrected chi connectivity index (χ2v) is 8.66. The van der Waals surface area contributed by atoms with Crippen molar-refractivity contribution in [2.75, 3.05) is 47.4 Å². The van der Waals surface area contributed by atoms with Gasteiger partial charge in [-0.05, 0) is 57.1 Å². The van der Waals surface area contributed by atoms with Crippen LogP contribution in [0.15, 0.2) is 59.6 Å². The van der Waals surface area contributed by atoms with Gasteiger partial charge < -0.3 is 20.3 Å². The Morgan fingerprint density at radius 3 is 2.48 bits per heavy atom. The molecule has 2 N–H and O–H groups in total. The van der Waals surface area contributed by atoms with Crippen molar-refractivity contribution in [3.63, 3.8) is 0 Å². The molecule has 0 radical (unpaired) electrons. The SMILES string of the molecule is CCNC(=NCC(c1cccc(OC)c1)N(C)C)NC1CCN(Cc2ccccc2)CC1.I. The number of hydrogen-bond donors (Lipinski definition) is 2. The average Bonchev–Trinajstić information content (AvgIpc) is 2.81. The summed E-state index contributed by atoms with van der Waals surface area (Å²) in [7, 11) is 5.91. The van der Waals surface area contributed by atoms with E-state index < -0.39 is 0 Å². The number of ether oxygens (including phenoxy) is 1. The largest absolute Gasteiger partial charge is 0.497 e. The summed E-state index contributed by atoms with van der Waals surface area (Å²) in [4.78, 5) is 9.70. The maximum absolute atomic E-state index is 5.41. The molecule has 3 rings (SSSR count). The molecule has 1 heterocycles. The Bertz CT molecular complexity index is 838. The summed E-state index contributed by atoms with van der Waals surface area (Å²) in [6.45, 7) is 6.90. The lowest BCUT2D eigenvalue weighted by Crippen LogP contribution is -2.48. The first-order chi connectivity index (χ1) is 15.6. The topological polar surface area (TPSA) is 52.1 Å². The van der Waals surface area contributed by atoms with Crippen LogP contribution in [0.25, 0.3) is 0 Å². The van der Waals surface area contributed by atoms with Crippen LogP contribution in [0.5, 0.6) is 5.75 Å². The number of piperidine rings is 1. The van der Waals surface area contributed by atoms with E-state index in [-0.39, 0.29) is 30.0 Å². The van der Waals surface area contributed by atoms with Crippen molar-refractivity contribution in [1.29, 1.82) is 0 Å². The fourth-order valence-corrected chi connectivity index (χ4v) is 4.18. The highest BCUT2D eigenvalue weighted by Gasteiger charge is 2.21. The van der Waals surface area contributed by atoms with Crippen molar-refractivity contribution in [3.8, 4) is 5.75 Å². The second kappa shape index (κ2) is 14.4. The molecule has 0 bridgehead atoms. The quantitative estimate of drug-likeness (QED) is 0.272. The van der Waals surface area contributed by atoms with Crippen LogP contribution in [0.3, 0.4) is 0 Å². The van der Waals surface area contributed by atoms with Gasteiger partial charge in [-0.1, -0.05) is 42.5 Å². The Kier molecular flexibility index (Phi) is 12.0. The van der Waals surface area contributed by atoms with Crippen LogP contribution in [0.4, 0.5) is 0 Å². The minimum Gasteiger partial charge on any atom is -0.497 e. The molecule has 1 aliphatic heterocycles. The lowest BCUT2D eigenvalue weighted by Gasteiger charge is -2.33. The maximum atomic E-state index is 5.41. The Hall–Kier alpha value is -1.84. The molecule has 7 heteroatoms. The molecular weight excluding hydrogens is 525 g/mol. The van der Waals surface area contributed by atoms with E-state index >= 15 is 0 Å². The van der Waals surface area contributed by atoms with Gasteiger partial charge in [-0.15, -0.1) is 24.0 Å². The van der Waals surface area contributed by atoms with Crippen molar-refractivity contribution in [1.82, 2.24) is 20.4 Å². The Morgan fingerprint density at radius 1 is 1.12 bits per heavy atom.